The van der Waals surface area contributed by atoms with Gasteiger partial charge in [0, 0.05) is 5.39 Å². The van der Waals surface area contributed by atoms with E-state index in [0.29, 0.717) is 5.56 Å². The van der Waals surface area contributed by atoms with E-state index in [2.05, 4.69) is 15.5 Å². The maximum absolute atomic E-state index is 13.0. The van der Waals surface area contributed by atoms with Crippen LogP contribution in [0.2, 0.25) is 0 Å². The van der Waals surface area contributed by atoms with Gasteiger partial charge in [0.2, 0.25) is 5.91 Å². The summed E-state index contributed by atoms with van der Waals surface area (Å²) in [5.74, 6) is -0.392. The number of hydrazone groups is 1. The topological polar surface area (TPSA) is 54.4 Å². The number of pyridine rings is 1. The molecule has 1 amide bonds. The lowest BCUT2D eigenvalue weighted by Gasteiger charge is -2.02. The summed E-state index contributed by atoms with van der Waals surface area (Å²) in [6, 6.07) is 17.6. The molecule has 3 aromatic rings. The Kier molecular flexibility index (Phi) is 5.18. The van der Waals surface area contributed by atoms with Gasteiger partial charge >= 0.3 is 0 Å². The second-order valence-corrected chi connectivity index (χ2v) is 5.97. The van der Waals surface area contributed by atoms with Gasteiger partial charge in [-0.2, -0.15) is 5.10 Å². The van der Waals surface area contributed by atoms with Crippen LogP contribution in [-0.4, -0.2) is 22.9 Å². The summed E-state index contributed by atoms with van der Waals surface area (Å²) < 4.78 is 13.0. The summed E-state index contributed by atoms with van der Waals surface area (Å²) in [7, 11) is 0. The van der Waals surface area contributed by atoms with Crippen LogP contribution in [0.5, 0.6) is 0 Å². The average Bonchev–Trinajstić information content (AvgIpc) is 2.60. The number of hydrogen-bond acceptors (Lipinski definition) is 4. The fourth-order valence-corrected chi connectivity index (χ4v) is 2.74. The van der Waals surface area contributed by atoms with Gasteiger partial charge in [-0.05, 0) is 29.8 Å². The number of nitrogens with zero attached hydrogens (tertiary/aromatic N) is 2. The summed E-state index contributed by atoms with van der Waals surface area (Å²) >= 11 is 1.34. The van der Waals surface area contributed by atoms with E-state index >= 15 is 0 Å². The Morgan fingerprint density at radius 3 is 2.92 bits per heavy atom. The smallest absolute Gasteiger partial charge is 0.250 e. The van der Waals surface area contributed by atoms with Crippen molar-refractivity contribution in [3.63, 3.8) is 0 Å². The highest BCUT2D eigenvalue weighted by molar-refractivity contribution is 7.99. The molecule has 3 rings (SSSR count). The minimum absolute atomic E-state index is 0.200. The molecule has 0 unspecified atom stereocenters. The molecule has 0 aliphatic rings. The monoisotopic (exact) mass is 339 g/mol. The number of thioether (sulfide) groups is 1. The first-order valence-corrected chi connectivity index (χ1v) is 8.25. The molecule has 0 aliphatic carbocycles. The molecule has 0 radical (unpaired) electrons. The summed E-state index contributed by atoms with van der Waals surface area (Å²) in [5.41, 5.74) is 3.90. The first-order valence-electron chi connectivity index (χ1n) is 7.27. The third-order valence-electron chi connectivity index (χ3n) is 3.18. The molecule has 1 N–H and O–H groups in total. The lowest BCUT2D eigenvalue weighted by atomic mass is 10.2. The van der Waals surface area contributed by atoms with E-state index in [-0.39, 0.29) is 17.5 Å². The van der Waals surface area contributed by atoms with Gasteiger partial charge in [-0.1, -0.05) is 48.2 Å². The average molecular weight is 339 g/mol. The molecule has 4 nitrogen and oxygen atoms in total. The third kappa shape index (κ3) is 4.39. The van der Waals surface area contributed by atoms with Gasteiger partial charge in [0.1, 0.15) is 5.82 Å². The maximum Gasteiger partial charge on any atom is 0.250 e. The van der Waals surface area contributed by atoms with Gasteiger partial charge in [-0.25, -0.2) is 14.8 Å². The second kappa shape index (κ2) is 7.70. The Balaban J connectivity index is 1.53. The highest BCUT2D eigenvalue weighted by atomic mass is 32.2. The number of carbonyl (C=O) groups is 1. The Labute approximate surface area is 142 Å². The van der Waals surface area contributed by atoms with Crippen LogP contribution in [0.15, 0.2) is 70.8 Å². The van der Waals surface area contributed by atoms with E-state index in [0.717, 1.165) is 15.9 Å². The highest BCUT2D eigenvalue weighted by Gasteiger charge is 2.03. The van der Waals surface area contributed by atoms with E-state index in [9.17, 15) is 9.18 Å². The zero-order valence-electron chi connectivity index (χ0n) is 12.6. The zero-order chi connectivity index (χ0) is 16.8. The van der Waals surface area contributed by atoms with Crippen molar-refractivity contribution >= 4 is 34.8 Å². The second-order valence-electron chi connectivity index (χ2n) is 4.98. The van der Waals surface area contributed by atoms with Crippen LogP contribution >= 0.6 is 11.8 Å². The largest absolute Gasteiger partial charge is 0.272 e. The fraction of sp³-hybridized carbons (Fsp3) is 0.0556. The fourth-order valence-electron chi connectivity index (χ4n) is 2.07. The van der Waals surface area contributed by atoms with Crippen molar-refractivity contribution in [1.29, 1.82) is 0 Å². The third-order valence-corrected chi connectivity index (χ3v) is 4.11. The highest BCUT2D eigenvalue weighted by Crippen LogP contribution is 2.19. The molecule has 6 heteroatoms. The van der Waals surface area contributed by atoms with Crippen molar-refractivity contribution < 1.29 is 9.18 Å². The summed E-state index contributed by atoms with van der Waals surface area (Å²) in [6.45, 7) is 0. The number of fused-ring (bicyclic) bond motifs is 1. The molecule has 0 spiro atoms. The Morgan fingerprint density at radius 2 is 2.04 bits per heavy atom. The zero-order valence-corrected chi connectivity index (χ0v) is 13.5. The predicted octanol–water partition coefficient (Wildman–Crippen LogP) is 3.62. The van der Waals surface area contributed by atoms with E-state index in [1.54, 1.807) is 12.1 Å². The summed E-state index contributed by atoms with van der Waals surface area (Å²) in [6.07, 6.45) is 1.40. The molecule has 1 aromatic heterocycles. The SMILES string of the molecule is O=C(CSc1ccc2ccccc2n1)N/N=C\c1cccc(F)c1. The number of aromatic nitrogens is 1. The van der Waals surface area contributed by atoms with Crippen molar-refractivity contribution in [2.45, 2.75) is 5.03 Å². The Morgan fingerprint density at radius 1 is 1.17 bits per heavy atom. The van der Waals surface area contributed by atoms with Crippen LogP contribution in [0, 0.1) is 5.82 Å². The molecule has 120 valence electrons. The van der Waals surface area contributed by atoms with Gasteiger partial charge < -0.3 is 0 Å². The molecule has 0 saturated heterocycles. The number of halogens is 1. The van der Waals surface area contributed by atoms with Crippen LogP contribution in [0.3, 0.4) is 0 Å². The number of carbonyl (C=O) groups excluding carboxylic acids is 1. The van der Waals surface area contributed by atoms with Crippen LogP contribution in [-0.2, 0) is 4.79 Å². The van der Waals surface area contributed by atoms with Crippen LogP contribution in [0.25, 0.3) is 10.9 Å². The van der Waals surface area contributed by atoms with E-state index < -0.39 is 0 Å². The van der Waals surface area contributed by atoms with Gasteiger partial charge in [0.25, 0.3) is 0 Å². The normalized spacial score (nSPS) is 11.0. The van der Waals surface area contributed by atoms with Crippen LogP contribution in [0.4, 0.5) is 4.39 Å². The van der Waals surface area contributed by atoms with Crippen LogP contribution < -0.4 is 5.43 Å². The van der Waals surface area contributed by atoms with E-state index in [1.165, 1.54) is 30.1 Å². The number of rotatable bonds is 5. The standard InChI is InChI=1S/C18H14FN3OS/c19-15-6-3-4-13(10-15)11-20-22-17(23)12-24-18-9-8-14-5-1-2-7-16(14)21-18/h1-11H,12H2,(H,22,23)/b20-11-. The van der Waals surface area contributed by atoms with E-state index in [1.807, 2.05) is 36.4 Å². The molecule has 0 saturated carbocycles. The molecule has 0 fully saturated rings. The number of benzene rings is 2. The van der Waals surface area contributed by atoms with Gasteiger partial charge in [-0.3, -0.25) is 4.79 Å². The lowest BCUT2D eigenvalue weighted by Crippen LogP contribution is -2.19. The van der Waals surface area contributed by atoms with E-state index in [4.69, 9.17) is 0 Å². The number of hydrogen-bond donors (Lipinski definition) is 1. The first-order chi connectivity index (χ1) is 11.7. The summed E-state index contributed by atoms with van der Waals surface area (Å²) in [4.78, 5) is 16.3. The molecular weight excluding hydrogens is 325 g/mol. The molecule has 1 heterocycles. The quantitative estimate of drug-likeness (QED) is 0.439. The lowest BCUT2D eigenvalue weighted by molar-refractivity contribution is -0.118. The number of amides is 1. The Bertz CT molecular complexity index is 898. The molecule has 2 aromatic carbocycles. The first kappa shape index (κ1) is 16.1. The minimum Gasteiger partial charge on any atom is -0.272 e. The minimum atomic E-state index is -0.344. The summed E-state index contributed by atoms with van der Waals surface area (Å²) in [5, 5.41) is 5.66. The van der Waals surface area contributed by atoms with Crippen molar-refractivity contribution in [2.24, 2.45) is 5.10 Å². The predicted molar refractivity (Wildman–Crippen MR) is 94.6 cm³/mol. The molecule has 0 bridgehead atoms. The van der Waals surface area contributed by atoms with Crippen molar-refractivity contribution in [3.8, 4) is 0 Å². The van der Waals surface area contributed by atoms with Crippen molar-refractivity contribution in [3.05, 3.63) is 72.0 Å². The molecule has 24 heavy (non-hydrogen) atoms. The molecule has 0 aliphatic heterocycles. The van der Waals surface area contributed by atoms with Gasteiger partial charge in [0.05, 0.1) is 22.5 Å². The molecular formula is C18H14FN3OS. The van der Waals surface area contributed by atoms with Crippen molar-refractivity contribution in [1.82, 2.24) is 10.4 Å². The number of para-hydroxylation sites is 1. The Hall–Kier alpha value is -2.73. The van der Waals surface area contributed by atoms with Gasteiger partial charge in [-0.15, -0.1) is 0 Å². The van der Waals surface area contributed by atoms with Crippen LogP contribution in [0.1, 0.15) is 5.56 Å². The van der Waals surface area contributed by atoms with Gasteiger partial charge in [0.15, 0.2) is 0 Å². The van der Waals surface area contributed by atoms with Crippen molar-refractivity contribution in [2.75, 3.05) is 5.75 Å². The molecule has 0 atom stereocenters. The number of nitrogens with one attached hydrogen (secondary N) is 1. The maximum atomic E-state index is 13.0.